The SMILES string of the molecule is CCN(c1ccc(Cl)c(CN)n1)C(C)COC. The molecule has 1 heterocycles. The Morgan fingerprint density at radius 2 is 2.24 bits per heavy atom. The molecule has 0 fully saturated rings. The molecular formula is C12H20ClN3O. The van der Waals surface area contributed by atoms with Crippen LogP contribution in [0.5, 0.6) is 0 Å². The molecule has 0 aliphatic heterocycles. The predicted octanol–water partition coefficient (Wildman–Crippen LogP) is 2.05. The maximum absolute atomic E-state index is 6.00. The standard InChI is InChI=1S/C12H20ClN3O/c1-4-16(9(2)8-17-3)12-6-5-10(13)11(7-14)15-12/h5-6,9H,4,7-8,14H2,1-3H3. The summed E-state index contributed by atoms with van der Waals surface area (Å²) in [5.74, 6) is 0.891. The monoisotopic (exact) mass is 257 g/mol. The van der Waals surface area contributed by atoms with E-state index < -0.39 is 0 Å². The number of hydrogen-bond acceptors (Lipinski definition) is 4. The van der Waals surface area contributed by atoms with E-state index in [1.165, 1.54) is 0 Å². The Morgan fingerprint density at radius 1 is 1.53 bits per heavy atom. The summed E-state index contributed by atoms with van der Waals surface area (Å²) in [5.41, 5.74) is 6.33. The molecule has 0 bridgehead atoms. The van der Waals surface area contributed by atoms with Crippen molar-refractivity contribution in [2.24, 2.45) is 5.73 Å². The van der Waals surface area contributed by atoms with E-state index in [0.717, 1.165) is 18.1 Å². The lowest BCUT2D eigenvalue weighted by molar-refractivity contribution is 0.181. The van der Waals surface area contributed by atoms with E-state index in [2.05, 4.69) is 23.7 Å². The number of ether oxygens (including phenoxy) is 1. The Kier molecular flexibility index (Phi) is 5.68. The van der Waals surface area contributed by atoms with Crippen molar-refractivity contribution in [3.8, 4) is 0 Å². The van der Waals surface area contributed by atoms with Gasteiger partial charge in [0.1, 0.15) is 5.82 Å². The first-order chi connectivity index (χ1) is 8.13. The normalized spacial score (nSPS) is 12.5. The molecule has 1 unspecified atom stereocenters. The maximum atomic E-state index is 6.00. The molecule has 0 aliphatic carbocycles. The van der Waals surface area contributed by atoms with Gasteiger partial charge in [0.15, 0.2) is 0 Å². The van der Waals surface area contributed by atoms with Crippen molar-refractivity contribution >= 4 is 17.4 Å². The molecule has 17 heavy (non-hydrogen) atoms. The smallest absolute Gasteiger partial charge is 0.129 e. The van der Waals surface area contributed by atoms with Crippen LogP contribution >= 0.6 is 11.6 Å². The molecule has 5 heteroatoms. The lowest BCUT2D eigenvalue weighted by Gasteiger charge is -2.29. The molecule has 2 N–H and O–H groups in total. The van der Waals surface area contributed by atoms with Gasteiger partial charge in [-0.1, -0.05) is 11.6 Å². The van der Waals surface area contributed by atoms with E-state index in [1.54, 1.807) is 7.11 Å². The molecule has 0 aromatic carbocycles. The minimum absolute atomic E-state index is 0.268. The number of methoxy groups -OCH3 is 1. The van der Waals surface area contributed by atoms with Gasteiger partial charge in [0.05, 0.1) is 23.4 Å². The molecule has 0 saturated heterocycles. The number of hydrogen-bond donors (Lipinski definition) is 1. The van der Waals surface area contributed by atoms with Gasteiger partial charge < -0.3 is 15.4 Å². The number of aromatic nitrogens is 1. The number of halogens is 1. The van der Waals surface area contributed by atoms with Crippen molar-refractivity contribution in [1.82, 2.24) is 4.98 Å². The Labute approximate surface area is 108 Å². The van der Waals surface area contributed by atoms with Crippen LogP contribution in [0.15, 0.2) is 12.1 Å². The second-order valence-corrected chi connectivity index (χ2v) is 4.30. The first-order valence-electron chi connectivity index (χ1n) is 5.75. The number of likely N-dealkylation sites (N-methyl/N-ethyl adjacent to an activating group) is 1. The van der Waals surface area contributed by atoms with Gasteiger partial charge in [0.25, 0.3) is 0 Å². The molecule has 0 spiro atoms. The van der Waals surface area contributed by atoms with Crippen LogP contribution in [-0.4, -0.2) is 31.3 Å². The molecule has 0 saturated carbocycles. The molecule has 1 aromatic rings. The molecule has 1 rings (SSSR count). The summed E-state index contributed by atoms with van der Waals surface area (Å²) in [6, 6.07) is 4.02. The highest BCUT2D eigenvalue weighted by molar-refractivity contribution is 6.31. The molecular weight excluding hydrogens is 238 g/mol. The van der Waals surface area contributed by atoms with Crippen molar-refractivity contribution in [3.05, 3.63) is 22.8 Å². The van der Waals surface area contributed by atoms with Crippen LogP contribution in [0.3, 0.4) is 0 Å². The fourth-order valence-corrected chi connectivity index (χ4v) is 1.99. The Bertz CT molecular complexity index is 360. The van der Waals surface area contributed by atoms with Gasteiger partial charge in [-0.3, -0.25) is 0 Å². The van der Waals surface area contributed by atoms with E-state index in [0.29, 0.717) is 18.2 Å². The van der Waals surface area contributed by atoms with Crippen molar-refractivity contribution in [1.29, 1.82) is 0 Å². The van der Waals surface area contributed by atoms with Crippen LogP contribution in [0, 0.1) is 0 Å². The van der Waals surface area contributed by atoms with Crippen LogP contribution in [0.25, 0.3) is 0 Å². The quantitative estimate of drug-likeness (QED) is 0.848. The summed E-state index contributed by atoms with van der Waals surface area (Å²) in [6.45, 7) is 6.07. The zero-order valence-corrected chi connectivity index (χ0v) is 11.4. The van der Waals surface area contributed by atoms with Crippen LogP contribution in [-0.2, 0) is 11.3 Å². The zero-order chi connectivity index (χ0) is 12.8. The second-order valence-electron chi connectivity index (χ2n) is 3.89. The minimum atomic E-state index is 0.268. The minimum Gasteiger partial charge on any atom is -0.383 e. The van der Waals surface area contributed by atoms with Crippen molar-refractivity contribution in [3.63, 3.8) is 0 Å². The van der Waals surface area contributed by atoms with E-state index in [-0.39, 0.29) is 6.04 Å². The molecule has 0 radical (unpaired) electrons. The summed E-state index contributed by atoms with van der Waals surface area (Å²) in [4.78, 5) is 6.64. The number of nitrogens with two attached hydrogens (primary N) is 1. The first kappa shape index (κ1) is 14.2. The fourth-order valence-electron chi connectivity index (χ4n) is 1.81. The predicted molar refractivity (Wildman–Crippen MR) is 71.5 cm³/mol. The number of nitrogens with zero attached hydrogens (tertiary/aromatic N) is 2. The highest BCUT2D eigenvalue weighted by Crippen LogP contribution is 2.20. The maximum Gasteiger partial charge on any atom is 0.129 e. The third kappa shape index (κ3) is 3.56. The van der Waals surface area contributed by atoms with Crippen LogP contribution in [0.1, 0.15) is 19.5 Å². The molecule has 1 atom stereocenters. The number of pyridine rings is 1. The van der Waals surface area contributed by atoms with Gasteiger partial charge in [-0.25, -0.2) is 4.98 Å². The van der Waals surface area contributed by atoms with Crippen LogP contribution in [0.4, 0.5) is 5.82 Å². The lowest BCUT2D eigenvalue weighted by Crippen LogP contribution is -2.36. The second kappa shape index (κ2) is 6.79. The summed E-state index contributed by atoms with van der Waals surface area (Å²) in [5, 5.41) is 0.617. The topological polar surface area (TPSA) is 51.4 Å². The van der Waals surface area contributed by atoms with Gasteiger partial charge in [0, 0.05) is 20.2 Å². The van der Waals surface area contributed by atoms with E-state index in [9.17, 15) is 0 Å². The molecule has 4 nitrogen and oxygen atoms in total. The lowest BCUT2D eigenvalue weighted by atomic mass is 10.2. The molecule has 0 aliphatic rings. The largest absolute Gasteiger partial charge is 0.383 e. The average molecular weight is 258 g/mol. The summed E-state index contributed by atoms with van der Waals surface area (Å²) in [6.07, 6.45) is 0. The molecule has 0 amide bonds. The number of anilines is 1. The molecule has 1 aromatic heterocycles. The van der Waals surface area contributed by atoms with Gasteiger partial charge >= 0.3 is 0 Å². The highest BCUT2D eigenvalue weighted by Gasteiger charge is 2.14. The van der Waals surface area contributed by atoms with E-state index in [4.69, 9.17) is 22.1 Å². The first-order valence-corrected chi connectivity index (χ1v) is 6.12. The highest BCUT2D eigenvalue weighted by atomic mass is 35.5. The Hall–Kier alpha value is -0.840. The number of rotatable bonds is 6. The van der Waals surface area contributed by atoms with E-state index >= 15 is 0 Å². The van der Waals surface area contributed by atoms with Crippen LogP contribution < -0.4 is 10.6 Å². The molecule has 96 valence electrons. The zero-order valence-electron chi connectivity index (χ0n) is 10.6. The Balaban J connectivity index is 2.95. The Morgan fingerprint density at radius 3 is 2.76 bits per heavy atom. The van der Waals surface area contributed by atoms with Crippen molar-refractivity contribution in [2.45, 2.75) is 26.4 Å². The third-order valence-corrected chi connectivity index (χ3v) is 3.02. The van der Waals surface area contributed by atoms with Gasteiger partial charge in [-0.2, -0.15) is 0 Å². The van der Waals surface area contributed by atoms with Crippen LogP contribution in [0.2, 0.25) is 5.02 Å². The fraction of sp³-hybridized carbons (Fsp3) is 0.583. The van der Waals surface area contributed by atoms with Gasteiger partial charge in [-0.05, 0) is 26.0 Å². The van der Waals surface area contributed by atoms with Crippen molar-refractivity contribution in [2.75, 3.05) is 25.2 Å². The summed E-state index contributed by atoms with van der Waals surface area (Å²) >= 11 is 6.00. The average Bonchev–Trinajstić information content (AvgIpc) is 2.32. The van der Waals surface area contributed by atoms with Crippen molar-refractivity contribution < 1.29 is 4.74 Å². The summed E-state index contributed by atoms with van der Waals surface area (Å²) in [7, 11) is 1.70. The van der Waals surface area contributed by atoms with Gasteiger partial charge in [0.2, 0.25) is 0 Å². The summed E-state index contributed by atoms with van der Waals surface area (Å²) < 4.78 is 5.17. The third-order valence-electron chi connectivity index (χ3n) is 2.67. The van der Waals surface area contributed by atoms with Gasteiger partial charge in [-0.15, -0.1) is 0 Å². The van der Waals surface area contributed by atoms with E-state index in [1.807, 2.05) is 12.1 Å².